The highest BCUT2D eigenvalue weighted by Crippen LogP contribution is 2.25. The van der Waals surface area contributed by atoms with E-state index in [0.717, 1.165) is 16.5 Å². The van der Waals surface area contributed by atoms with E-state index in [4.69, 9.17) is 11.6 Å². The molecule has 3 aromatic carbocycles. The molecule has 0 aliphatic heterocycles. The van der Waals surface area contributed by atoms with Gasteiger partial charge in [-0.25, -0.2) is 9.97 Å². The van der Waals surface area contributed by atoms with Crippen LogP contribution in [-0.4, -0.2) is 21.3 Å². The first kappa shape index (κ1) is 17.0. The Labute approximate surface area is 161 Å². The van der Waals surface area contributed by atoms with Crippen molar-refractivity contribution in [2.45, 2.75) is 0 Å². The summed E-state index contributed by atoms with van der Waals surface area (Å²) in [6.07, 6.45) is 1.55. The maximum absolute atomic E-state index is 9.84. The molecule has 1 heterocycles. The van der Waals surface area contributed by atoms with E-state index in [1.807, 2.05) is 42.5 Å². The standard InChI is InChI=1S/C21H15ClN4O/c22-16-11-9-14(10-12-16)20-24-18-7-3-2-6-17(18)21(25-20)26-23-13-15-5-1-4-8-19(15)27/h1-13,27H,(H,24,25,26)/b23-13-. The normalized spacial score (nSPS) is 11.1. The van der Waals surface area contributed by atoms with E-state index < -0.39 is 0 Å². The van der Waals surface area contributed by atoms with E-state index in [9.17, 15) is 5.11 Å². The molecular formula is C21H15ClN4O. The van der Waals surface area contributed by atoms with E-state index in [1.54, 1.807) is 36.5 Å². The molecule has 0 saturated carbocycles. The molecule has 5 nitrogen and oxygen atoms in total. The SMILES string of the molecule is Oc1ccccc1/C=N\Nc1nc(-c2ccc(Cl)cc2)nc2ccccc12. The van der Waals surface area contributed by atoms with Crippen LogP contribution in [0.15, 0.2) is 77.9 Å². The van der Waals surface area contributed by atoms with Gasteiger partial charge in [0, 0.05) is 21.5 Å². The van der Waals surface area contributed by atoms with Crippen LogP contribution in [0.1, 0.15) is 5.56 Å². The summed E-state index contributed by atoms with van der Waals surface area (Å²) in [6.45, 7) is 0. The first-order chi connectivity index (χ1) is 13.2. The third-order valence-corrected chi connectivity index (χ3v) is 4.27. The minimum absolute atomic E-state index is 0.164. The molecule has 27 heavy (non-hydrogen) atoms. The Morgan fingerprint density at radius 2 is 1.63 bits per heavy atom. The summed E-state index contributed by atoms with van der Waals surface area (Å²) in [5.74, 6) is 1.32. The molecule has 4 rings (SSSR count). The van der Waals surface area contributed by atoms with Gasteiger partial charge in [-0.2, -0.15) is 5.10 Å². The number of hydrogen-bond donors (Lipinski definition) is 2. The average molecular weight is 375 g/mol. The van der Waals surface area contributed by atoms with E-state index in [-0.39, 0.29) is 5.75 Å². The van der Waals surface area contributed by atoms with Crippen LogP contribution in [0.5, 0.6) is 5.75 Å². The molecule has 0 aliphatic carbocycles. The summed E-state index contributed by atoms with van der Waals surface area (Å²) in [5.41, 5.74) is 5.24. The van der Waals surface area contributed by atoms with Crippen LogP contribution in [0.4, 0.5) is 5.82 Å². The van der Waals surface area contributed by atoms with Crippen molar-refractivity contribution in [3.63, 3.8) is 0 Å². The molecule has 0 fully saturated rings. The first-order valence-electron chi connectivity index (χ1n) is 8.30. The Morgan fingerprint density at radius 1 is 0.889 bits per heavy atom. The van der Waals surface area contributed by atoms with Crippen molar-refractivity contribution in [3.05, 3.63) is 83.4 Å². The third-order valence-electron chi connectivity index (χ3n) is 4.02. The van der Waals surface area contributed by atoms with Crippen molar-refractivity contribution in [1.82, 2.24) is 9.97 Å². The number of aromatic hydroxyl groups is 1. The van der Waals surface area contributed by atoms with Crippen LogP contribution in [0.25, 0.3) is 22.3 Å². The summed E-state index contributed by atoms with van der Waals surface area (Å²) in [5, 5.41) is 15.6. The number of anilines is 1. The summed E-state index contributed by atoms with van der Waals surface area (Å²) in [7, 11) is 0. The Bertz CT molecular complexity index is 1130. The second kappa shape index (κ2) is 7.43. The molecule has 2 N–H and O–H groups in total. The smallest absolute Gasteiger partial charge is 0.162 e. The number of fused-ring (bicyclic) bond motifs is 1. The van der Waals surface area contributed by atoms with Crippen LogP contribution in [-0.2, 0) is 0 Å². The molecule has 0 unspecified atom stereocenters. The molecule has 4 aromatic rings. The van der Waals surface area contributed by atoms with Gasteiger partial charge in [0.15, 0.2) is 11.6 Å². The minimum atomic E-state index is 0.164. The average Bonchev–Trinajstić information content (AvgIpc) is 2.70. The Balaban J connectivity index is 1.72. The maximum atomic E-state index is 9.84. The summed E-state index contributed by atoms with van der Waals surface area (Å²) in [4.78, 5) is 9.24. The van der Waals surface area contributed by atoms with Crippen LogP contribution < -0.4 is 5.43 Å². The molecule has 0 amide bonds. The molecular weight excluding hydrogens is 360 g/mol. The van der Waals surface area contributed by atoms with Gasteiger partial charge in [-0.05, 0) is 48.5 Å². The lowest BCUT2D eigenvalue weighted by Gasteiger charge is -2.08. The lowest BCUT2D eigenvalue weighted by molar-refractivity contribution is 0.474. The number of hydrazone groups is 1. The van der Waals surface area contributed by atoms with E-state index in [1.165, 1.54) is 0 Å². The number of nitrogens with zero attached hydrogens (tertiary/aromatic N) is 3. The summed E-state index contributed by atoms with van der Waals surface area (Å²) >= 11 is 5.97. The fraction of sp³-hybridized carbons (Fsp3) is 0. The molecule has 1 aromatic heterocycles. The van der Waals surface area contributed by atoms with Crippen LogP contribution in [0.3, 0.4) is 0 Å². The maximum Gasteiger partial charge on any atom is 0.162 e. The predicted octanol–water partition coefficient (Wildman–Crippen LogP) is 5.10. The van der Waals surface area contributed by atoms with Crippen LogP contribution in [0.2, 0.25) is 5.02 Å². The van der Waals surface area contributed by atoms with E-state index in [0.29, 0.717) is 22.2 Å². The van der Waals surface area contributed by atoms with Gasteiger partial charge in [-0.15, -0.1) is 0 Å². The number of hydrogen-bond acceptors (Lipinski definition) is 5. The number of phenols is 1. The second-order valence-electron chi connectivity index (χ2n) is 5.85. The van der Waals surface area contributed by atoms with Crippen molar-refractivity contribution < 1.29 is 5.11 Å². The predicted molar refractivity (Wildman–Crippen MR) is 109 cm³/mol. The minimum Gasteiger partial charge on any atom is -0.507 e. The van der Waals surface area contributed by atoms with Gasteiger partial charge < -0.3 is 5.11 Å². The molecule has 0 saturated heterocycles. The molecule has 6 heteroatoms. The highest BCUT2D eigenvalue weighted by atomic mass is 35.5. The van der Waals surface area contributed by atoms with Gasteiger partial charge in [0.05, 0.1) is 11.7 Å². The van der Waals surface area contributed by atoms with E-state index in [2.05, 4.69) is 20.5 Å². The number of benzene rings is 3. The van der Waals surface area contributed by atoms with Gasteiger partial charge in [-0.1, -0.05) is 35.9 Å². The Hall–Kier alpha value is -3.44. The molecule has 0 spiro atoms. The molecule has 0 radical (unpaired) electrons. The van der Waals surface area contributed by atoms with Crippen molar-refractivity contribution in [2.75, 3.05) is 5.43 Å². The van der Waals surface area contributed by atoms with Crippen molar-refractivity contribution in [3.8, 4) is 17.1 Å². The van der Waals surface area contributed by atoms with Gasteiger partial charge >= 0.3 is 0 Å². The third kappa shape index (κ3) is 3.73. The highest BCUT2D eigenvalue weighted by Gasteiger charge is 2.09. The van der Waals surface area contributed by atoms with Crippen LogP contribution >= 0.6 is 11.6 Å². The van der Waals surface area contributed by atoms with Gasteiger partial charge in [0.25, 0.3) is 0 Å². The number of phenolic OH excluding ortho intramolecular Hbond substituents is 1. The lowest BCUT2D eigenvalue weighted by atomic mass is 10.2. The molecule has 0 aliphatic rings. The van der Waals surface area contributed by atoms with Crippen molar-refractivity contribution in [1.29, 1.82) is 0 Å². The van der Waals surface area contributed by atoms with Gasteiger partial charge in [-0.3, -0.25) is 5.43 Å². The zero-order valence-electron chi connectivity index (χ0n) is 14.2. The number of para-hydroxylation sites is 2. The first-order valence-corrected chi connectivity index (χ1v) is 8.68. The number of rotatable bonds is 4. The monoisotopic (exact) mass is 374 g/mol. The zero-order chi connectivity index (χ0) is 18.6. The number of halogens is 1. The Kier molecular flexibility index (Phi) is 4.68. The van der Waals surface area contributed by atoms with Gasteiger partial charge in [0.2, 0.25) is 0 Å². The summed E-state index contributed by atoms with van der Waals surface area (Å²) in [6, 6.07) is 22.0. The highest BCUT2D eigenvalue weighted by molar-refractivity contribution is 6.30. The topological polar surface area (TPSA) is 70.4 Å². The fourth-order valence-electron chi connectivity index (χ4n) is 2.65. The number of aromatic nitrogens is 2. The number of nitrogens with one attached hydrogen (secondary N) is 1. The zero-order valence-corrected chi connectivity index (χ0v) is 14.9. The molecule has 0 bridgehead atoms. The van der Waals surface area contributed by atoms with Crippen LogP contribution in [0, 0.1) is 0 Å². The Morgan fingerprint density at radius 3 is 2.44 bits per heavy atom. The van der Waals surface area contributed by atoms with E-state index >= 15 is 0 Å². The lowest BCUT2D eigenvalue weighted by Crippen LogP contribution is -1.99. The molecule has 0 atom stereocenters. The van der Waals surface area contributed by atoms with Crippen molar-refractivity contribution >= 4 is 34.5 Å². The van der Waals surface area contributed by atoms with Crippen molar-refractivity contribution in [2.24, 2.45) is 5.10 Å². The largest absolute Gasteiger partial charge is 0.507 e. The van der Waals surface area contributed by atoms with Gasteiger partial charge in [0.1, 0.15) is 5.75 Å². The quantitative estimate of drug-likeness (QED) is 0.385. The summed E-state index contributed by atoms with van der Waals surface area (Å²) < 4.78 is 0. The fourth-order valence-corrected chi connectivity index (χ4v) is 2.78. The molecule has 132 valence electrons. The second-order valence-corrected chi connectivity index (χ2v) is 6.29.